The van der Waals surface area contributed by atoms with E-state index in [-0.39, 0.29) is 19.1 Å². The third-order valence-electron chi connectivity index (χ3n) is 3.95. The van der Waals surface area contributed by atoms with Crippen LogP contribution in [0.2, 0.25) is 0 Å². The summed E-state index contributed by atoms with van der Waals surface area (Å²) in [5.74, 6) is 4.14. The molecule has 0 spiro atoms. The van der Waals surface area contributed by atoms with Gasteiger partial charge >= 0.3 is 11.9 Å². The summed E-state index contributed by atoms with van der Waals surface area (Å²) in [6, 6.07) is 8.61. The van der Waals surface area contributed by atoms with E-state index < -0.39 is 11.8 Å². The minimum Gasteiger partial charge on any atom is -0.462 e. The molecule has 0 fully saturated rings. The van der Waals surface area contributed by atoms with Gasteiger partial charge in [-0.3, -0.25) is 19.3 Å². The molecule has 0 aliphatic heterocycles. The van der Waals surface area contributed by atoms with Crippen molar-refractivity contribution in [2.45, 2.75) is 52.4 Å². The van der Waals surface area contributed by atoms with E-state index in [9.17, 15) is 14.4 Å². The lowest BCUT2D eigenvalue weighted by atomic mass is 10.1. The number of unbranched alkanes of at least 4 members (excludes halogenated alkanes) is 5. The fourth-order valence-electron chi connectivity index (χ4n) is 2.43. The normalized spacial score (nSPS) is 10.2. The molecular formula is C23H29NO4. The molecule has 0 aliphatic rings. The average molecular weight is 383 g/mol. The standard InChI is InChI=1S/C23H29NO4/c1-3-4-5-6-7-8-12-17-22(26)24(18-13-14-19-28-20(2)25)23(27)21-15-10-9-11-16-21/h9-11,13-16H,3-8,18-19H2,1-2H3/b14-13+. The van der Waals surface area contributed by atoms with Gasteiger partial charge in [0, 0.05) is 25.5 Å². The number of ether oxygens (including phenoxy) is 1. The zero-order valence-corrected chi connectivity index (χ0v) is 16.8. The first-order valence-corrected chi connectivity index (χ1v) is 9.74. The highest BCUT2D eigenvalue weighted by atomic mass is 16.5. The Morgan fingerprint density at radius 1 is 1.04 bits per heavy atom. The van der Waals surface area contributed by atoms with Gasteiger partial charge < -0.3 is 4.74 Å². The maximum absolute atomic E-state index is 12.7. The number of hydrogen-bond donors (Lipinski definition) is 0. The third kappa shape index (κ3) is 9.72. The molecule has 5 nitrogen and oxygen atoms in total. The lowest BCUT2D eigenvalue weighted by Gasteiger charge is -2.16. The van der Waals surface area contributed by atoms with Crippen molar-refractivity contribution >= 4 is 17.8 Å². The van der Waals surface area contributed by atoms with Crippen LogP contribution >= 0.6 is 0 Å². The summed E-state index contributed by atoms with van der Waals surface area (Å²) < 4.78 is 4.81. The van der Waals surface area contributed by atoms with E-state index in [1.807, 2.05) is 0 Å². The number of imide groups is 1. The molecule has 1 rings (SSSR count). The van der Waals surface area contributed by atoms with Gasteiger partial charge in [0.15, 0.2) is 0 Å². The fourth-order valence-corrected chi connectivity index (χ4v) is 2.43. The monoisotopic (exact) mass is 383 g/mol. The molecular weight excluding hydrogens is 354 g/mol. The van der Waals surface area contributed by atoms with Crippen molar-refractivity contribution in [2.24, 2.45) is 0 Å². The van der Waals surface area contributed by atoms with Crippen LogP contribution in [-0.4, -0.2) is 35.8 Å². The number of carbonyl (C=O) groups excluding carboxylic acids is 3. The predicted octanol–water partition coefficient (Wildman–Crippen LogP) is 4.14. The van der Waals surface area contributed by atoms with Gasteiger partial charge in [-0.1, -0.05) is 62.8 Å². The molecule has 1 aromatic carbocycles. The molecule has 0 bridgehead atoms. The van der Waals surface area contributed by atoms with E-state index in [0.29, 0.717) is 12.0 Å². The van der Waals surface area contributed by atoms with Crippen molar-refractivity contribution in [3.8, 4) is 11.8 Å². The van der Waals surface area contributed by atoms with Crippen LogP contribution in [0.1, 0.15) is 62.7 Å². The largest absolute Gasteiger partial charge is 0.462 e. The topological polar surface area (TPSA) is 63.7 Å². The van der Waals surface area contributed by atoms with E-state index in [2.05, 4.69) is 18.8 Å². The molecule has 0 atom stereocenters. The van der Waals surface area contributed by atoms with E-state index in [0.717, 1.165) is 17.7 Å². The van der Waals surface area contributed by atoms with Crippen LogP contribution in [0.15, 0.2) is 42.5 Å². The Hall–Kier alpha value is -2.87. The van der Waals surface area contributed by atoms with Gasteiger partial charge in [0.05, 0.1) is 0 Å². The zero-order valence-electron chi connectivity index (χ0n) is 16.8. The second-order valence-corrected chi connectivity index (χ2v) is 6.33. The van der Waals surface area contributed by atoms with Crippen LogP contribution in [0, 0.1) is 11.8 Å². The highest BCUT2D eigenvalue weighted by Crippen LogP contribution is 2.06. The molecule has 0 N–H and O–H groups in total. The Balaban J connectivity index is 2.70. The Kier molecular flexibility index (Phi) is 11.8. The van der Waals surface area contributed by atoms with Crippen LogP contribution < -0.4 is 0 Å². The van der Waals surface area contributed by atoms with E-state index in [1.165, 1.54) is 26.2 Å². The molecule has 0 aromatic heterocycles. The van der Waals surface area contributed by atoms with Crippen LogP contribution in [0.4, 0.5) is 0 Å². The van der Waals surface area contributed by atoms with Gasteiger partial charge in [-0.2, -0.15) is 0 Å². The summed E-state index contributed by atoms with van der Waals surface area (Å²) in [6.45, 7) is 3.65. The van der Waals surface area contributed by atoms with Gasteiger partial charge in [0.1, 0.15) is 6.61 Å². The average Bonchev–Trinajstić information content (AvgIpc) is 2.69. The SMILES string of the molecule is CCCCCCCC#CC(=O)N(C/C=C/COC(C)=O)C(=O)c1ccccc1. The number of esters is 1. The van der Waals surface area contributed by atoms with Crippen molar-refractivity contribution in [3.63, 3.8) is 0 Å². The summed E-state index contributed by atoms with van der Waals surface area (Å²) in [5.41, 5.74) is 0.422. The van der Waals surface area contributed by atoms with Crippen molar-refractivity contribution in [3.05, 3.63) is 48.0 Å². The number of carbonyl (C=O) groups is 3. The van der Waals surface area contributed by atoms with Crippen molar-refractivity contribution in [1.82, 2.24) is 4.90 Å². The van der Waals surface area contributed by atoms with Gasteiger partial charge in [-0.05, 0) is 30.6 Å². The van der Waals surface area contributed by atoms with Crippen molar-refractivity contribution < 1.29 is 19.1 Å². The number of nitrogens with zero attached hydrogens (tertiary/aromatic N) is 1. The number of benzene rings is 1. The summed E-state index contributed by atoms with van der Waals surface area (Å²) in [7, 11) is 0. The molecule has 2 amide bonds. The Morgan fingerprint density at radius 3 is 2.43 bits per heavy atom. The first kappa shape index (κ1) is 23.2. The molecule has 0 saturated heterocycles. The second kappa shape index (κ2) is 14.2. The molecule has 150 valence electrons. The number of hydrogen-bond acceptors (Lipinski definition) is 4. The maximum atomic E-state index is 12.7. The predicted molar refractivity (Wildman–Crippen MR) is 109 cm³/mol. The molecule has 0 saturated carbocycles. The summed E-state index contributed by atoms with van der Waals surface area (Å²) in [5, 5.41) is 0. The van der Waals surface area contributed by atoms with Crippen LogP contribution in [0.5, 0.6) is 0 Å². The Labute approximate surface area is 167 Å². The van der Waals surface area contributed by atoms with E-state index >= 15 is 0 Å². The highest BCUT2D eigenvalue weighted by Gasteiger charge is 2.20. The van der Waals surface area contributed by atoms with Crippen molar-refractivity contribution in [2.75, 3.05) is 13.2 Å². The Morgan fingerprint density at radius 2 is 1.75 bits per heavy atom. The minimum absolute atomic E-state index is 0.0685. The molecule has 5 heteroatoms. The van der Waals surface area contributed by atoms with E-state index in [1.54, 1.807) is 42.5 Å². The number of amides is 2. The second-order valence-electron chi connectivity index (χ2n) is 6.33. The van der Waals surface area contributed by atoms with Gasteiger partial charge in [0.25, 0.3) is 5.91 Å². The zero-order chi connectivity index (χ0) is 20.6. The number of rotatable bonds is 10. The molecule has 0 unspecified atom stereocenters. The van der Waals surface area contributed by atoms with E-state index in [4.69, 9.17) is 4.74 Å². The lowest BCUT2D eigenvalue weighted by Crippen LogP contribution is -2.36. The smallest absolute Gasteiger partial charge is 0.305 e. The molecule has 1 aromatic rings. The van der Waals surface area contributed by atoms with Crippen LogP contribution in [-0.2, 0) is 14.3 Å². The van der Waals surface area contributed by atoms with Crippen LogP contribution in [0.3, 0.4) is 0 Å². The molecule has 0 radical (unpaired) electrons. The molecule has 0 heterocycles. The van der Waals surface area contributed by atoms with Gasteiger partial charge in [-0.15, -0.1) is 0 Å². The van der Waals surface area contributed by atoms with Gasteiger partial charge in [-0.25, -0.2) is 0 Å². The summed E-state index contributed by atoms with van der Waals surface area (Å²) >= 11 is 0. The van der Waals surface area contributed by atoms with Crippen molar-refractivity contribution in [1.29, 1.82) is 0 Å². The highest BCUT2D eigenvalue weighted by molar-refractivity contribution is 6.10. The minimum atomic E-state index is -0.528. The quantitative estimate of drug-likeness (QED) is 0.264. The first-order valence-electron chi connectivity index (χ1n) is 9.74. The maximum Gasteiger partial charge on any atom is 0.305 e. The van der Waals surface area contributed by atoms with Crippen LogP contribution in [0.25, 0.3) is 0 Å². The Bertz CT molecular complexity index is 713. The lowest BCUT2D eigenvalue weighted by molar-refractivity contribution is -0.139. The first-order chi connectivity index (χ1) is 13.6. The third-order valence-corrected chi connectivity index (χ3v) is 3.95. The summed E-state index contributed by atoms with van der Waals surface area (Å²) in [6.07, 6.45) is 9.49. The molecule has 28 heavy (non-hydrogen) atoms. The molecule has 0 aliphatic carbocycles. The van der Waals surface area contributed by atoms with Gasteiger partial charge in [0.2, 0.25) is 0 Å². The summed E-state index contributed by atoms with van der Waals surface area (Å²) in [4.78, 5) is 37.0. The fraction of sp³-hybridized carbons (Fsp3) is 0.435.